The van der Waals surface area contributed by atoms with Crippen LogP contribution < -0.4 is 14.9 Å². The van der Waals surface area contributed by atoms with Crippen LogP contribution in [0, 0.1) is 0 Å². The summed E-state index contributed by atoms with van der Waals surface area (Å²) in [4.78, 5) is 25.0. The average molecular weight is 424 g/mol. The van der Waals surface area contributed by atoms with Crippen LogP contribution in [-0.2, 0) is 9.53 Å². The Labute approximate surface area is 181 Å². The van der Waals surface area contributed by atoms with E-state index in [1.165, 1.54) is 6.26 Å². The predicted octanol–water partition coefficient (Wildman–Crippen LogP) is 5.82. The van der Waals surface area contributed by atoms with Gasteiger partial charge < -0.3 is 18.6 Å². The van der Waals surface area contributed by atoms with Gasteiger partial charge in [0.25, 0.3) is 0 Å². The minimum Gasteiger partial charge on any atom is -0.479 e. The van der Waals surface area contributed by atoms with Crippen molar-refractivity contribution in [2.24, 2.45) is 0 Å². The van der Waals surface area contributed by atoms with Crippen molar-refractivity contribution >= 4 is 16.9 Å². The second kappa shape index (κ2) is 9.69. The minimum absolute atomic E-state index is 0.111. The molecule has 2 aromatic carbocycles. The Morgan fingerprint density at radius 3 is 2.48 bits per heavy atom. The zero-order valence-corrected chi connectivity index (χ0v) is 18.5. The van der Waals surface area contributed by atoms with Crippen LogP contribution in [0.15, 0.2) is 57.9 Å². The molecular formula is C25H28O6. The summed E-state index contributed by atoms with van der Waals surface area (Å²) in [5, 5.41) is 0.363. The molecular weight excluding hydrogens is 396 g/mol. The molecule has 1 aromatic heterocycles. The summed E-state index contributed by atoms with van der Waals surface area (Å²) in [7, 11) is 0. The normalized spacial score (nSPS) is 13.1. The van der Waals surface area contributed by atoms with Crippen molar-refractivity contribution in [1.82, 2.24) is 0 Å². The van der Waals surface area contributed by atoms with Crippen LogP contribution in [0.25, 0.3) is 11.0 Å². The van der Waals surface area contributed by atoms with Crippen molar-refractivity contribution in [1.29, 1.82) is 0 Å². The van der Waals surface area contributed by atoms with E-state index >= 15 is 0 Å². The van der Waals surface area contributed by atoms with Crippen LogP contribution in [0.4, 0.5) is 0 Å². The molecule has 2 atom stereocenters. The molecule has 0 aliphatic heterocycles. The van der Waals surface area contributed by atoms with Gasteiger partial charge in [0.05, 0.1) is 11.5 Å². The lowest BCUT2D eigenvalue weighted by Crippen LogP contribution is -2.29. The summed E-state index contributed by atoms with van der Waals surface area (Å²) < 4.78 is 22.5. The maximum atomic E-state index is 12.9. The summed E-state index contributed by atoms with van der Waals surface area (Å²) >= 11 is 0. The fourth-order valence-corrected chi connectivity index (χ4v) is 3.03. The molecule has 0 fully saturated rings. The third-order valence-electron chi connectivity index (χ3n) is 5.01. The summed E-state index contributed by atoms with van der Waals surface area (Å²) in [5.74, 6) is 0.946. The Balaban J connectivity index is 1.82. The van der Waals surface area contributed by atoms with E-state index in [1.54, 1.807) is 25.1 Å². The summed E-state index contributed by atoms with van der Waals surface area (Å²) in [6.45, 7) is 9.51. The van der Waals surface area contributed by atoms with Crippen LogP contribution in [-0.4, -0.2) is 18.2 Å². The van der Waals surface area contributed by atoms with Gasteiger partial charge >= 0.3 is 5.97 Å². The quantitative estimate of drug-likeness (QED) is 0.424. The van der Waals surface area contributed by atoms with Crippen LogP contribution in [0.2, 0.25) is 0 Å². The molecule has 31 heavy (non-hydrogen) atoms. The largest absolute Gasteiger partial charge is 0.479 e. The third kappa shape index (κ3) is 5.26. The second-order valence-corrected chi connectivity index (χ2v) is 7.80. The predicted molar refractivity (Wildman–Crippen MR) is 119 cm³/mol. The van der Waals surface area contributed by atoms with Gasteiger partial charge in [0, 0.05) is 6.07 Å². The van der Waals surface area contributed by atoms with Gasteiger partial charge in [-0.25, -0.2) is 4.79 Å². The number of hydrogen-bond acceptors (Lipinski definition) is 6. The first-order valence-electron chi connectivity index (χ1n) is 10.5. The molecule has 3 aromatic rings. The van der Waals surface area contributed by atoms with Crippen molar-refractivity contribution in [3.05, 3.63) is 64.5 Å². The SMILES string of the molecule is CCC(C)OC(=O)C(C)Oc1ccc2c(=O)c(Oc3ccccc3C(C)C)coc2c1. The highest BCUT2D eigenvalue weighted by Gasteiger charge is 2.19. The van der Waals surface area contributed by atoms with Crippen molar-refractivity contribution in [3.63, 3.8) is 0 Å². The van der Waals surface area contributed by atoms with Gasteiger partial charge in [0.2, 0.25) is 11.2 Å². The molecule has 0 saturated carbocycles. The Kier molecular flexibility index (Phi) is 7.00. The number of para-hydroxylation sites is 1. The molecule has 0 aliphatic carbocycles. The van der Waals surface area contributed by atoms with E-state index in [0.717, 1.165) is 12.0 Å². The number of carbonyl (C=O) groups excluding carboxylic acids is 1. The first-order chi connectivity index (χ1) is 14.8. The summed E-state index contributed by atoms with van der Waals surface area (Å²) in [6.07, 6.45) is 1.07. The molecule has 6 heteroatoms. The van der Waals surface area contributed by atoms with Crippen molar-refractivity contribution in [3.8, 4) is 17.2 Å². The fourth-order valence-electron chi connectivity index (χ4n) is 3.03. The Morgan fingerprint density at radius 1 is 1.03 bits per heavy atom. The van der Waals surface area contributed by atoms with Gasteiger partial charge in [-0.2, -0.15) is 0 Å². The summed E-state index contributed by atoms with van der Waals surface area (Å²) in [6, 6.07) is 12.4. The Morgan fingerprint density at radius 2 is 1.77 bits per heavy atom. The highest BCUT2D eigenvalue weighted by molar-refractivity contribution is 5.79. The van der Waals surface area contributed by atoms with E-state index in [9.17, 15) is 9.59 Å². The van der Waals surface area contributed by atoms with Crippen molar-refractivity contribution < 1.29 is 23.4 Å². The topological polar surface area (TPSA) is 75.0 Å². The monoisotopic (exact) mass is 424 g/mol. The van der Waals surface area contributed by atoms with Gasteiger partial charge in [-0.3, -0.25) is 4.79 Å². The Bertz CT molecular complexity index is 1110. The van der Waals surface area contributed by atoms with Crippen molar-refractivity contribution in [2.75, 3.05) is 0 Å². The lowest BCUT2D eigenvalue weighted by atomic mass is 10.0. The number of rotatable bonds is 8. The average Bonchev–Trinajstić information content (AvgIpc) is 2.75. The molecule has 0 spiro atoms. The molecule has 0 N–H and O–H groups in total. The maximum Gasteiger partial charge on any atom is 0.347 e. The summed E-state index contributed by atoms with van der Waals surface area (Å²) in [5.41, 5.74) is 1.06. The first-order valence-corrected chi connectivity index (χ1v) is 10.5. The van der Waals surface area contributed by atoms with E-state index in [-0.39, 0.29) is 23.2 Å². The van der Waals surface area contributed by atoms with Gasteiger partial charge in [-0.05, 0) is 49.9 Å². The zero-order chi connectivity index (χ0) is 22.5. The van der Waals surface area contributed by atoms with Gasteiger partial charge in [0.1, 0.15) is 23.3 Å². The van der Waals surface area contributed by atoms with Crippen LogP contribution in [0.3, 0.4) is 0 Å². The Hall–Kier alpha value is -3.28. The smallest absolute Gasteiger partial charge is 0.347 e. The standard InChI is InChI=1S/C25H28O6/c1-6-16(4)29-25(27)17(5)30-18-11-12-20-22(13-18)28-14-23(24(20)26)31-21-10-8-7-9-19(21)15(2)3/h7-17H,6H2,1-5H3. The van der Waals surface area contributed by atoms with Crippen LogP contribution >= 0.6 is 0 Å². The van der Waals surface area contributed by atoms with E-state index in [1.807, 2.05) is 38.1 Å². The van der Waals surface area contributed by atoms with E-state index < -0.39 is 12.1 Å². The lowest BCUT2D eigenvalue weighted by molar-refractivity contribution is -0.155. The van der Waals surface area contributed by atoms with Crippen LogP contribution in [0.5, 0.6) is 17.2 Å². The molecule has 0 bridgehead atoms. The molecule has 0 aliphatic rings. The zero-order valence-electron chi connectivity index (χ0n) is 18.5. The highest BCUT2D eigenvalue weighted by Crippen LogP contribution is 2.30. The van der Waals surface area contributed by atoms with E-state index in [4.69, 9.17) is 18.6 Å². The molecule has 0 saturated heterocycles. The maximum absolute atomic E-state index is 12.9. The van der Waals surface area contributed by atoms with E-state index in [0.29, 0.717) is 22.5 Å². The first kappa shape index (κ1) is 22.4. The third-order valence-corrected chi connectivity index (χ3v) is 5.01. The fraction of sp³-hybridized carbons (Fsp3) is 0.360. The molecule has 0 amide bonds. The van der Waals surface area contributed by atoms with Crippen LogP contribution in [0.1, 0.15) is 52.5 Å². The molecule has 2 unspecified atom stereocenters. The minimum atomic E-state index is -0.784. The number of hydrogen-bond donors (Lipinski definition) is 0. The number of benzene rings is 2. The molecule has 1 heterocycles. The number of esters is 1. The highest BCUT2D eigenvalue weighted by atomic mass is 16.6. The van der Waals surface area contributed by atoms with Gasteiger partial charge in [-0.1, -0.05) is 39.0 Å². The van der Waals surface area contributed by atoms with Gasteiger partial charge in [-0.15, -0.1) is 0 Å². The van der Waals surface area contributed by atoms with Crippen molar-refractivity contribution in [2.45, 2.75) is 59.2 Å². The molecule has 3 rings (SSSR count). The second-order valence-electron chi connectivity index (χ2n) is 7.80. The molecule has 164 valence electrons. The molecule has 0 radical (unpaired) electrons. The number of carbonyl (C=O) groups is 1. The van der Waals surface area contributed by atoms with E-state index in [2.05, 4.69) is 13.8 Å². The molecule has 6 nitrogen and oxygen atoms in total. The number of fused-ring (bicyclic) bond motifs is 1. The van der Waals surface area contributed by atoms with Gasteiger partial charge in [0.15, 0.2) is 6.10 Å². The number of ether oxygens (including phenoxy) is 3. The lowest BCUT2D eigenvalue weighted by Gasteiger charge is -2.17.